The number of ether oxygens (including phenoxy) is 2. The molecule has 1 atom stereocenters. The lowest BCUT2D eigenvalue weighted by atomic mass is 9.99. The fourth-order valence-electron chi connectivity index (χ4n) is 2.92. The van der Waals surface area contributed by atoms with E-state index < -0.39 is 10.0 Å². The van der Waals surface area contributed by atoms with Crippen LogP contribution in [0.2, 0.25) is 0 Å². The van der Waals surface area contributed by atoms with E-state index in [2.05, 4.69) is 5.32 Å². The number of amides is 1. The second kappa shape index (κ2) is 9.89. The van der Waals surface area contributed by atoms with Crippen LogP contribution < -0.4 is 10.1 Å². The summed E-state index contributed by atoms with van der Waals surface area (Å²) in [7, 11) is -1.65. The molecule has 0 radical (unpaired) electrons. The molecule has 0 unspecified atom stereocenters. The number of nitrogens with one attached hydrogen (secondary N) is 1. The van der Waals surface area contributed by atoms with Gasteiger partial charge < -0.3 is 14.8 Å². The molecule has 1 aromatic carbocycles. The first-order valence-electron chi connectivity index (χ1n) is 8.96. The van der Waals surface area contributed by atoms with Crippen LogP contribution in [0.1, 0.15) is 26.2 Å². The minimum atomic E-state index is -3.26. The summed E-state index contributed by atoms with van der Waals surface area (Å²) in [4.78, 5) is 12.5. The molecule has 1 fully saturated rings. The monoisotopic (exact) mass is 384 g/mol. The Morgan fingerprint density at radius 1 is 1.27 bits per heavy atom. The number of benzene rings is 1. The predicted octanol–water partition coefficient (Wildman–Crippen LogP) is 2.10. The van der Waals surface area contributed by atoms with Gasteiger partial charge in [-0.05, 0) is 43.5 Å². The van der Waals surface area contributed by atoms with Crippen molar-refractivity contribution in [2.75, 3.05) is 44.5 Å². The maximum absolute atomic E-state index is 12.5. The number of nitrogens with zero attached hydrogens (tertiary/aromatic N) is 1. The summed E-state index contributed by atoms with van der Waals surface area (Å²) in [6.45, 7) is 3.57. The van der Waals surface area contributed by atoms with Crippen LogP contribution in [0.25, 0.3) is 0 Å². The Morgan fingerprint density at radius 2 is 2.00 bits per heavy atom. The third kappa shape index (κ3) is 5.96. The molecule has 7 nitrogen and oxygen atoms in total. The van der Waals surface area contributed by atoms with Crippen LogP contribution in [0.4, 0.5) is 5.69 Å². The largest absolute Gasteiger partial charge is 0.491 e. The number of sulfonamides is 1. The molecule has 0 saturated carbocycles. The van der Waals surface area contributed by atoms with E-state index in [0.717, 1.165) is 0 Å². The van der Waals surface area contributed by atoms with Crippen molar-refractivity contribution in [1.82, 2.24) is 4.31 Å². The van der Waals surface area contributed by atoms with Gasteiger partial charge in [0.1, 0.15) is 12.4 Å². The van der Waals surface area contributed by atoms with Gasteiger partial charge in [-0.1, -0.05) is 6.92 Å². The zero-order valence-corrected chi connectivity index (χ0v) is 16.3. The first kappa shape index (κ1) is 20.7. The minimum absolute atomic E-state index is 0.131. The third-order valence-electron chi connectivity index (χ3n) is 4.29. The molecule has 1 heterocycles. The van der Waals surface area contributed by atoms with Gasteiger partial charge in [0, 0.05) is 25.9 Å². The molecule has 2 rings (SSSR count). The highest BCUT2D eigenvalue weighted by Gasteiger charge is 2.31. The highest BCUT2D eigenvalue weighted by atomic mass is 32.2. The second-order valence-electron chi connectivity index (χ2n) is 6.37. The molecular formula is C18H28N2O5S. The Bertz CT molecular complexity index is 675. The highest BCUT2D eigenvalue weighted by molar-refractivity contribution is 7.89. The lowest BCUT2D eigenvalue weighted by Gasteiger charge is -2.31. The van der Waals surface area contributed by atoms with E-state index in [-0.39, 0.29) is 24.1 Å². The van der Waals surface area contributed by atoms with Gasteiger partial charge in [0.25, 0.3) is 0 Å². The average Bonchev–Trinajstić information content (AvgIpc) is 2.63. The maximum atomic E-state index is 12.5. The number of anilines is 1. The van der Waals surface area contributed by atoms with E-state index in [1.54, 1.807) is 31.4 Å². The smallest absolute Gasteiger partial charge is 0.228 e. The average molecular weight is 384 g/mol. The van der Waals surface area contributed by atoms with Gasteiger partial charge in [-0.15, -0.1) is 0 Å². The van der Waals surface area contributed by atoms with Gasteiger partial charge in [-0.2, -0.15) is 0 Å². The number of hydrogen-bond acceptors (Lipinski definition) is 5. The number of piperidine rings is 1. The highest BCUT2D eigenvalue weighted by Crippen LogP contribution is 2.22. The number of carbonyl (C=O) groups is 1. The summed E-state index contributed by atoms with van der Waals surface area (Å²) < 4.78 is 36.3. The number of rotatable bonds is 9. The molecule has 0 aromatic heterocycles. The van der Waals surface area contributed by atoms with E-state index in [1.807, 2.05) is 6.92 Å². The molecule has 0 spiro atoms. The van der Waals surface area contributed by atoms with Gasteiger partial charge >= 0.3 is 0 Å². The summed E-state index contributed by atoms with van der Waals surface area (Å²) in [5, 5.41) is 2.87. The van der Waals surface area contributed by atoms with Crippen LogP contribution in [-0.2, 0) is 19.6 Å². The van der Waals surface area contributed by atoms with Crippen molar-refractivity contribution in [3.8, 4) is 5.75 Å². The van der Waals surface area contributed by atoms with Crippen LogP contribution in [0.15, 0.2) is 24.3 Å². The topological polar surface area (TPSA) is 84.9 Å². The van der Waals surface area contributed by atoms with E-state index in [0.29, 0.717) is 50.5 Å². The molecule has 1 aromatic rings. The summed E-state index contributed by atoms with van der Waals surface area (Å²) >= 11 is 0. The number of methoxy groups -OCH3 is 1. The van der Waals surface area contributed by atoms with E-state index in [9.17, 15) is 13.2 Å². The van der Waals surface area contributed by atoms with Crippen molar-refractivity contribution in [3.05, 3.63) is 24.3 Å². The molecule has 0 bridgehead atoms. The first-order valence-corrected chi connectivity index (χ1v) is 10.6. The van der Waals surface area contributed by atoms with Crippen molar-refractivity contribution in [2.24, 2.45) is 5.92 Å². The fourth-order valence-corrected chi connectivity index (χ4v) is 4.51. The van der Waals surface area contributed by atoms with Gasteiger partial charge in [-0.25, -0.2) is 12.7 Å². The van der Waals surface area contributed by atoms with Gasteiger partial charge in [-0.3, -0.25) is 4.79 Å². The Hall–Kier alpha value is -1.64. The van der Waals surface area contributed by atoms with Crippen LogP contribution in [0.5, 0.6) is 5.75 Å². The summed E-state index contributed by atoms with van der Waals surface area (Å²) in [5.74, 6) is 0.364. The Morgan fingerprint density at radius 3 is 2.65 bits per heavy atom. The molecule has 1 N–H and O–H groups in total. The normalized spacial score (nSPS) is 18.5. The van der Waals surface area contributed by atoms with Crippen LogP contribution in [0.3, 0.4) is 0 Å². The van der Waals surface area contributed by atoms with Crippen LogP contribution in [0, 0.1) is 5.92 Å². The Labute approximate surface area is 155 Å². The molecule has 1 aliphatic rings. The van der Waals surface area contributed by atoms with Gasteiger partial charge in [0.2, 0.25) is 15.9 Å². The zero-order valence-electron chi connectivity index (χ0n) is 15.4. The number of hydrogen-bond donors (Lipinski definition) is 1. The fraction of sp³-hybridized carbons (Fsp3) is 0.611. The van der Waals surface area contributed by atoms with E-state index >= 15 is 0 Å². The SMILES string of the molecule is CCCS(=O)(=O)N1CCC[C@@H](C(=O)Nc2ccc(OCCOC)cc2)C1. The Balaban J connectivity index is 1.90. The molecule has 1 aliphatic heterocycles. The number of carbonyl (C=O) groups excluding carboxylic acids is 1. The molecule has 8 heteroatoms. The second-order valence-corrected chi connectivity index (χ2v) is 8.46. The van der Waals surface area contributed by atoms with Crippen LogP contribution in [-0.4, -0.2) is 57.8 Å². The predicted molar refractivity (Wildman–Crippen MR) is 101 cm³/mol. The first-order chi connectivity index (χ1) is 12.5. The summed E-state index contributed by atoms with van der Waals surface area (Å²) in [5.41, 5.74) is 0.669. The molecule has 1 amide bonds. The van der Waals surface area contributed by atoms with Crippen LogP contribution >= 0.6 is 0 Å². The quantitative estimate of drug-likeness (QED) is 0.659. The summed E-state index contributed by atoms with van der Waals surface area (Å²) in [6, 6.07) is 7.11. The van der Waals surface area contributed by atoms with Gasteiger partial charge in [0.15, 0.2) is 0 Å². The van der Waals surface area contributed by atoms with E-state index in [1.165, 1.54) is 4.31 Å². The summed E-state index contributed by atoms with van der Waals surface area (Å²) in [6.07, 6.45) is 1.98. The van der Waals surface area contributed by atoms with Crippen molar-refractivity contribution in [1.29, 1.82) is 0 Å². The van der Waals surface area contributed by atoms with Crippen molar-refractivity contribution in [3.63, 3.8) is 0 Å². The molecule has 26 heavy (non-hydrogen) atoms. The molecule has 146 valence electrons. The zero-order chi connectivity index (χ0) is 19.0. The minimum Gasteiger partial charge on any atom is -0.491 e. The maximum Gasteiger partial charge on any atom is 0.228 e. The van der Waals surface area contributed by atoms with E-state index in [4.69, 9.17) is 9.47 Å². The molecular weight excluding hydrogens is 356 g/mol. The van der Waals surface area contributed by atoms with Crippen molar-refractivity contribution < 1.29 is 22.7 Å². The lowest BCUT2D eigenvalue weighted by molar-refractivity contribution is -0.120. The van der Waals surface area contributed by atoms with Crippen molar-refractivity contribution in [2.45, 2.75) is 26.2 Å². The van der Waals surface area contributed by atoms with Crippen molar-refractivity contribution >= 4 is 21.6 Å². The third-order valence-corrected chi connectivity index (χ3v) is 6.33. The van der Waals surface area contributed by atoms with Gasteiger partial charge in [0.05, 0.1) is 18.3 Å². The molecule has 1 saturated heterocycles. The lowest BCUT2D eigenvalue weighted by Crippen LogP contribution is -2.44. The Kier molecular flexibility index (Phi) is 7.86. The molecule has 0 aliphatic carbocycles. The standard InChI is InChI=1S/C18H28N2O5S/c1-3-13-26(22,23)20-10-4-5-15(14-20)18(21)19-16-6-8-17(9-7-16)25-12-11-24-2/h6-9,15H,3-5,10-14H2,1-2H3,(H,19,21)/t15-/m1/s1.